The molecule has 5 N–H and O–H groups in total. The molecule has 45 heavy (non-hydrogen) atoms. The van der Waals surface area contributed by atoms with E-state index in [0.717, 1.165) is 43.9 Å². The lowest BCUT2D eigenvalue weighted by Gasteiger charge is -2.44. The summed E-state index contributed by atoms with van der Waals surface area (Å²) in [5.41, 5.74) is 0.557. The Morgan fingerprint density at radius 1 is 1.07 bits per heavy atom. The number of ether oxygens (including phenoxy) is 2. The van der Waals surface area contributed by atoms with E-state index in [2.05, 4.69) is 53.6 Å². The molecule has 0 aromatic heterocycles. The molecule has 5 unspecified atom stereocenters. The minimum atomic E-state index is -1.39. The minimum Gasteiger partial charge on any atom is -0.388 e. The van der Waals surface area contributed by atoms with Crippen molar-refractivity contribution in [3.8, 4) is 0 Å². The molecular formula is C34H55N3O6S2. The fraction of sp³-hybridized carbons (Fsp3) is 0.794. The molecule has 9 nitrogen and oxygen atoms in total. The Hall–Kier alpha value is -0.890. The second kappa shape index (κ2) is 16.5. The first-order valence-corrected chi connectivity index (χ1v) is 19.2. The maximum absolute atomic E-state index is 14.0. The van der Waals surface area contributed by atoms with Crippen LogP contribution in [-0.4, -0.2) is 112 Å². The molecule has 4 aliphatic heterocycles. The van der Waals surface area contributed by atoms with Crippen LogP contribution in [0.5, 0.6) is 0 Å². The number of likely N-dealkylation sites (tertiary alicyclic amines) is 1. The van der Waals surface area contributed by atoms with E-state index in [9.17, 15) is 20.1 Å². The van der Waals surface area contributed by atoms with Crippen molar-refractivity contribution in [3.05, 3.63) is 29.8 Å². The Kier molecular flexibility index (Phi) is 13.0. The van der Waals surface area contributed by atoms with Gasteiger partial charge in [-0.1, -0.05) is 39.3 Å². The zero-order valence-corrected chi connectivity index (χ0v) is 29.0. The standard InChI is InChI=1S/C34H55N3O6S2/c1-20(2)16-23-12-15-42-31-24(17-23)18-35-27(31)33(41)36-26(32-29(39)28(38)30(40)34(43-32)44-4)21(3)45-25-10-8-22(9-11-25)19-37-13-6-5-7-14-37/h8-11,20-21,23-24,26-32,34-35,38-40H,5-7,12-19H2,1-4H3,(H,36,41)/t21-,23-,24-,26+,27-,28?,29?,30?,31+,32?,34?/m0/s1. The van der Waals surface area contributed by atoms with Gasteiger partial charge in [-0.05, 0) is 86.9 Å². The van der Waals surface area contributed by atoms with Crippen LogP contribution >= 0.6 is 23.5 Å². The summed E-state index contributed by atoms with van der Waals surface area (Å²) in [6.45, 7) is 11.2. The highest BCUT2D eigenvalue weighted by Crippen LogP contribution is 2.36. The lowest BCUT2D eigenvalue weighted by atomic mass is 9.85. The first-order valence-electron chi connectivity index (χ1n) is 17.0. The molecule has 5 rings (SSSR count). The van der Waals surface area contributed by atoms with E-state index >= 15 is 0 Å². The monoisotopic (exact) mass is 665 g/mol. The van der Waals surface area contributed by atoms with Gasteiger partial charge in [-0.3, -0.25) is 9.69 Å². The van der Waals surface area contributed by atoms with Crippen LogP contribution < -0.4 is 10.6 Å². The van der Waals surface area contributed by atoms with Crippen LogP contribution in [0.4, 0.5) is 0 Å². The second-order valence-electron chi connectivity index (χ2n) is 14.0. The number of hydrogen-bond donors (Lipinski definition) is 5. The summed E-state index contributed by atoms with van der Waals surface area (Å²) in [5, 5.41) is 38.9. The van der Waals surface area contributed by atoms with Crippen molar-refractivity contribution < 1.29 is 29.6 Å². The number of amides is 1. The lowest BCUT2D eigenvalue weighted by molar-refractivity contribution is -0.205. The fourth-order valence-electron chi connectivity index (χ4n) is 7.70. The van der Waals surface area contributed by atoms with Crippen molar-refractivity contribution in [2.75, 3.05) is 32.5 Å². The smallest absolute Gasteiger partial charge is 0.240 e. The first kappa shape index (κ1) is 35.4. The average molecular weight is 666 g/mol. The van der Waals surface area contributed by atoms with Crippen LogP contribution in [0.15, 0.2) is 29.2 Å². The van der Waals surface area contributed by atoms with Crippen LogP contribution in [0.1, 0.15) is 64.9 Å². The molecule has 1 aromatic rings. The maximum Gasteiger partial charge on any atom is 0.240 e. The van der Waals surface area contributed by atoms with Gasteiger partial charge in [-0.2, -0.15) is 0 Å². The topological polar surface area (TPSA) is 124 Å². The van der Waals surface area contributed by atoms with E-state index in [4.69, 9.17) is 9.47 Å². The number of carbonyl (C=O) groups excluding carboxylic acids is 1. The molecule has 0 saturated carbocycles. The van der Waals surface area contributed by atoms with Gasteiger partial charge in [-0.15, -0.1) is 23.5 Å². The third-order valence-electron chi connectivity index (χ3n) is 10.1. The van der Waals surface area contributed by atoms with Crippen LogP contribution in [-0.2, 0) is 20.8 Å². The Morgan fingerprint density at radius 3 is 2.49 bits per heavy atom. The predicted octanol–water partition coefficient (Wildman–Crippen LogP) is 3.24. The summed E-state index contributed by atoms with van der Waals surface area (Å²) in [7, 11) is 0. The second-order valence-corrected chi connectivity index (χ2v) is 16.4. The van der Waals surface area contributed by atoms with E-state index in [-0.39, 0.29) is 23.2 Å². The zero-order chi connectivity index (χ0) is 32.1. The van der Waals surface area contributed by atoms with Gasteiger partial charge < -0.3 is 35.4 Å². The van der Waals surface area contributed by atoms with Crippen molar-refractivity contribution >= 4 is 29.4 Å². The van der Waals surface area contributed by atoms with Crippen molar-refractivity contribution in [2.24, 2.45) is 17.8 Å². The first-order chi connectivity index (χ1) is 21.6. The number of piperidine rings is 1. The van der Waals surface area contributed by atoms with Crippen LogP contribution in [0.3, 0.4) is 0 Å². The molecule has 0 spiro atoms. The van der Waals surface area contributed by atoms with Gasteiger partial charge in [0.05, 0.1) is 12.1 Å². The molecule has 4 heterocycles. The number of nitrogens with zero attached hydrogens (tertiary/aromatic N) is 1. The summed E-state index contributed by atoms with van der Waals surface area (Å²) in [5.74, 6) is 1.32. The molecule has 4 aliphatic rings. The van der Waals surface area contributed by atoms with Crippen molar-refractivity contribution in [1.29, 1.82) is 0 Å². The molecule has 0 radical (unpaired) electrons. The minimum absolute atomic E-state index is 0.184. The molecule has 0 aliphatic carbocycles. The summed E-state index contributed by atoms with van der Waals surface area (Å²) in [6, 6.07) is 7.45. The number of rotatable bonds is 11. The number of fused-ring (bicyclic) bond motifs is 1. The molecule has 4 fully saturated rings. The fourth-order valence-corrected chi connectivity index (χ4v) is 9.47. The number of thioether (sulfide) groups is 2. The van der Waals surface area contributed by atoms with E-state index in [0.29, 0.717) is 18.4 Å². The average Bonchev–Trinajstić information content (AvgIpc) is 3.31. The molecule has 11 heteroatoms. The molecule has 0 bridgehead atoms. The lowest BCUT2D eigenvalue weighted by Crippen LogP contribution is -2.65. The number of aliphatic hydroxyl groups excluding tert-OH is 3. The molecule has 4 saturated heterocycles. The van der Waals surface area contributed by atoms with E-state index < -0.39 is 41.9 Å². The van der Waals surface area contributed by atoms with Crippen LogP contribution in [0, 0.1) is 17.8 Å². The summed E-state index contributed by atoms with van der Waals surface area (Å²) < 4.78 is 12.5. The highest BCUT2D eigenvalue weighted by Gasteiger charge is 2.50. The summed E-state index contributed by atoms with van der Waals surface area (Å²) in [4.78, 5) is 17.6. The van der Waals surface area contributed by atoms with E-state index in [1.807, 2.05) is 6.92 Å². The molecule has 11 atom stereocenters. The third kappa shape index (κ3) is 8.97. The van der Waals surface area contributed by atoms with Gasteiger partial charge in [0.2, 0.25) is 5.91 Å². The number of carbonyl (C=O) groups is 1. The molecule has 1 amide bonds. The van der Waals surface area contributed by atoms with Gasteiger partial charge in [0.1, 0.15) is 35.9 Å². The highest BCUT2D eigenvalue weighted by molar-refractivity contribution is 8.00. The van der Waals surface area contributed by atoms with Gasteiger partial charge >= 0.3 is 0 Å². The van der Waals surface area contributed by atoms with E-state index in [1.54, 1.807) is 18.0 Å². The van der Waals surface area contributed by atoms with E-state index in [1.165, 1.54) is 43.0 Å². The number of benzene rings is 1. The van der Waals surface area contributed by atoms with Gasteiger partial charge in [0.15, 0.2) is 0 Å². The SMILES string of the molecule is CSC1OC([C@H](NC(=O)[C@H]2NC[C@@H]3C[C@H](CC(C)C)CCO[C@H]32)[C@H](C)Sc2ccc(CN3CCCCC3)cc2)C(O)C(O)C1O. The number of hydrogen-bond acceptors (Lipinski definition) is 10. The van der Waals surface area contributed by atoms with Gasteiger partial charge in [0.25, 0.3) is 0 Å². The van der Waals surface area contributed by atoms with Gasteiger partial charge in [0, 0.05) is 29.8 Å². The molecular weight excluding hydrogens is 611 g/mol. The number of aliphatic hydroxyl groups is 3. The predicted molar refractivity (Wildman–Crippen MR) is 180 cm³/mol. The Morgan fingerprint density at radius 2 is 1.80 bits per heavy atom. The van der Waals surface area contributed by atoms with Crippen molar-refractivity contribution in [1.82, 2.24) is 15.5 Å². The summed E-state index contributed by atoms with van der Waals surface area (Å²) in [6.07, 6.45) is 3.79. The highest BCUT2D eigenvalue weighted by atomic mass is 32.2. The third-order valence-corrected chi connectivity index (χ3v) is 12.1. The Labute approximate surface area is 278 Å². The van der Waals surface area contributed by atoms with Crippen LogP contribution in [0.25, 0.3) is 0 Å². The quantitative estimate of drug-likeness (QED) is 0.225. The van der Waals surface area contributed by atoms with Gasteiger partial charge in [-0.25, -0.2) is 0 Å². The summed E-state index contributed by atoms with van der Waals surface area (Å²) >= 11 is 2.89. The van der Waals surface area contributed by atoms with Crippen molar-refractivity contribution in [3.63, 3.8) is 0 Å². The Balaban J connectivity index is 1.30. The normalized spacial score (nSPS) is 35.9. The number of nitrogens with one attached hydrogen (secondary N) is 2. The molecule has 254 valence electrons. The largest absolute Gasteiger partial charge is 0.388 e. The maximum atomic E-state index is 14.0. The van der Waals surface area contributed by atoms with Crippen LogP contribution in [0.2, 0.25) is 0 Å². The van der Waals surface area contributed by atoms with Crippen molar-refractivity contribution in [2.45, 2.75) is 124 Å². The Bertz CT molecular complexity index is 1070. The molecule has 1 aromatic carbocycles. The zero-order valence-electron chi connectivity index (χ0n) is 27.3.